The molecule has 0 saturated heterocycles. The summed E-state index contributed by atoms with van der Waals surface area (Å²) in [7, 11) is 0. The minimum Gasteiger partial charge on any atom is -0.476 e. The minimum absolute atomic E-state index is 0.104. The molecule has 1 aliphatic rings. The lowest BCUT2D eigenvalue weighted by Crippen LogP contribution is -2.57. The number of esters is 1. The molecule has 8 heteroatoms. The zero-order valence-electron chi connectivity index (χ0n) is 15.4. The SMILES string of the molecule is Cc1nc(/C(=N/OC2(C(=O)OC(C)(C)C)CC(C)(C)C2)C(=O)O)cs1. The second-order valence-electron chi connectivity index (χ2n) is 8.10. The van der Waals surface area contributed by atoms with Crippen molar-refractivity contribution >= 4 is 29.0 Å². The smallest absolute Gasteiger partial charge is 0.360 e. The number of hydrogen-bond donors (Lipinski definition) is 1. The third-order valence-corrected chi connectivity index (χ3v) is 4.45. The van der Waals surface area contributed by atoms with Crippen molar-refractivity contribution < 1.29 is 24.3 Å². The highest BCUT2D eigenvalue weighted by atomic mass is 32.1. The highest BCUT2D eigenvalue weighted by Crippen LogP contribution is 2.51. The fourth-order valence-corrected chi connectivity index (χ4v) is 3.51. The number of rotatable bonds is 5. The highest BCUT2D eigenvalue weighted by Gasteiger charge is 2.59. The molecule has 1 aromatic heterocycles. The molecule has 0 unspecified atom stereocenters. The van der Waals surface area contributed by atoms with E-state index in [1.54, 1.807) is 33.1 Å². The van der Waals surface area contributed by atoms with Gasteiger partial charge in [0.2, 0.25) is 11.3 Å². The first kappa shape index (κ1) is 19.4. The Morgan fingerprint density at radius 1 is 1.32 bits per heavy atom. The molecule has 1 heterocycles. The van der Waals surface area contributed by atoms with Crippen LogP contribution in [0, 0.1) is 12.3 Å². The van der Waals surface area contributed by atoms with Gasteiger partial charge in [0, 0.05) is 18.2 Å². The van der Waals surface area contributed by atoms with Gasteiger partial charge in [-0.15, -0.1) is 11.3 Å². The maximum Gasteiger partial charge on any atom is 0.360 e. The molecule has 1 fully saturated rings. The van der Waals surface area contributed by atoms with E-state index in [1.165, 1.54) is 11.3 Å². The van der Waals surface area contributed by atoms with Crippen LogP contribution in [0.4, 0.5) is 0 Å². The van der Waals surface area contributed by atoms with Crippen LogP contribution in [0.2, 0.25) is 0 Å². The third kappa shape index (κ3) is 4.56. The number of ether oxygens (including phenoxy) is 1. The minimum atomic E-state index is -1.26. The summed E-state index contributed by atoms with van der Waals surface area (Å²) in [5.41, 5.74) is -2.14. The summed E-state index contributed by atoms with van der Waals surface area (Å²) in [4.78, 5) is 33.7. The Balaban J connectivity index is 2.27. The first-order chi connectivity index (χ1) is 11.3. The number of hydrogen-bond acceptors (Lipinski definition) is 7. The van der Waals surface area contributed by atoms with E-state index in [-0.39, 0.29) is 16.8 Å². The molecule has 1 aromatic rings. The number of aryl methyl sites for hydroxylation is 1. The largest absolute Gasteiger partial charge is 0.476 e. The van der Waals surface area contributed by atoms with Crippen LogP contribution in [0.15, 0.2) is 10.5 Å². The van der Waals surface area contributed by atoms with Crippen molar-refractivity contribution in [1.82, 2.24) is 4.98 Å². The third-order valence-electron chi connectivity index (χ3n) is 3.67. The van der Waals surface area contributed by atoms with Gasteiger partial charge in [0.1, 0.15) is 11.3 Å². The van der Waals surface area contributed by atoms with E-state index in [9.17, 15) is 14.7 Å². The Hall–Kier alpha value is -1.96. The van der Waals surface area contributed by atoms with Crippen LogP contribution < -0.4 is 0 Å². The van der Waals surface area contributed by atoms with Gasteiger partial charge >= 0.3 is 11.9 Å². The number of aromatic nitrogens is 1. The van der Waals surface area contributed by atoms with Gasteiger partial charge in [-0.25, -0.2) is 14.6 Å². The monoisotopic (exact) mass is 368 g/mol. The molecular formula is C17H24N2O5S. The van der Waals surface area contributed by atoms with E-state index in [0.717, 1.165) is 5.01 Å². The fourth-order valence-electron chi connectivity index (χ4n) is 2.91. The topological polar surface area (TPSA) is 98.1 Å². The average Bonchev–Trinajstić information content (AvgIpc) is 2.80. The summed E-state index contributed by atoms with van der Waals surface area (Å²) in [6.45, 7) is 11.1. The second kappa shape index (κ2) is 6.40. The number of carbonyl (C=O) groups is 2. The van der Waals surface area contributed by atoms with Crippen LogP contribution >= 0.6 is 11.3 Å². The number of carbonyl (C=O) groups excluding carboxylic acids is 1. The van der Waals surface area contributed by atoms with Gasteiger partial charge in [0.25, 0.3) is 0 Å². The predicted molar refractivity (Wildman–Crippen MR) is 93.7 cm³/mol. The lowest BCUT2D eigenvalue weighted by molar-refractivity contribution is -0.213. The number of thiazole rings is 1. The van der Waals surface area contributed by atoms with Crippen molar-refractivity contribution in [1.29, 1.82) is 0 Å². The molecule has 0 amide bonds. The molecule has 0 bridgehead atoms. The number of nitrogens with zero attached hydrogens (tertiary/aromatic N) is 2. The van der Waals surface area contributed by atoms with Crippen molar-refractivity contribution in [2.75, 3.05) is 0 Å². The van der Waals surface area contributed by atoms with Crippen molar-refractivity contribution in [2.45, 2.75) is 65.6 Å². The van der Waals surface area contributed by atoms with Crippen molar-refractivity contribution in [3.05, 3.63) is 16.1 Å². The predicted octanol–water partition coefficient (Wildman–Crippen LogP) is 3.16. The Kier molecular flexibility index (Phi) is 4.96. The van der Waals surface area contributed by atoms with Crippen LogP contribution in [-0.2, 0) is 19.2 Å². The molecule has 0 spiro atoms. The molecule has 2 rings (SSSR count). The van der Waals surface area contributed by atoms with Gasteiger partial charge in [-0.2, -0.15) is 0 Å². The van der Waals surface area contributed by atoms with Gasteiger partial charge < -0.3 is 14.7 Å². The van der Waals surface area contributed by atoms with Crippen molar-refractivity contribution in [2.24, 2.45) is 10.6 Å². The van der Waals surface area contributed by atoms with Crippen molar-refractivity contribution in [3.8, 4) is 0 Å². The van der Waals surface area contributed by atoms with Gasteiger partial charge in [-0.05, 0) is 33.1 Å². The van der Waals surface area contributed by atoms with Crippen LogP contribution in [0.5, 0.6) is 0 Å². The highest BCUT2D eigenvalue weighted by molar-refractivity contribution is 7.09. The Labute approximate surface area is 151 Å². The fraction of sp³-hybridized carbons (Fsp3) is 0.647. The Bertz CT molecular complexity index is 707. The summed E-state index contributed by atoms with van der Waals surface area (Å²) in [6.07, 6.45) is 0.808. The van der Waals surface area contributed by atoms with Crippen LogP contribution in [0.1, 0.15) is 58.2 Å². The quantitative estimate of drug-likeness (QED) is 0.487. The first-order valence-corrected chi connectivity index (χ1v) is 8.87. The first-order valence-electron chi connectivity index (χ1n) is 7.99. The Morgan fingerprint density at radius 3 is 2.32 bits per heavy atom. The van der Waals surface area contributed by atoms with Crippen molar-refractivity contribution in [3.63, 3.8) is 0 Å². The molecule has 0 aliphatic heterocycles. The van der Waals surface area contributed by atoms with E-state index in [4.69, 9.17) is 9.57 Å². The van der Waals surface area contributed by atoms with Gasteiger partial charge in [-0.3, -0.25) is 0 Å². The summed E-state index contributed by atoms with van der Waals surface area (Å²) >= 11 is 1.31. The van der Waals surface area contributed by atoms with Crippen LogP contribution in [-0.4, -0.2) is 38.9 Å². The van der Waals surface area contributed by atoms with Crippen LogP contribution in [0.25, 0.3) is 0 Å². The molecular weight excluding hydrogens is 344 g/mol. The van der Waals surface area contributed by atoms with E-state index < -0.39 is 23.1 Å². The summed E-state index contributed by atoms with van der Waals surface area (Å²) in [5, 5.41) is 15.5. The zero-order valence-corrected chi connectivity index (χ0v) is 16.2. The molecule has 1 aliphatic carbocycles. The maximum atomic E-state index is 12.6. The Morgan fingerprint density at radius 2 is 1.92 bits per heavy atom. The molecule has 0 aromatic carbocycles. The summed E-state index contributed by atoms with van der Waals surface area (Å²) in [6, 6.07) is 0. The molecule has 1 N–H and O–H groups in total. The molecule has 0 radical (unpaired) electrons. The van der Waals surface area contributed by atoms with E-state index in [2.05, 4.69) is 10.1 Å². The van der Waals surface area contributed by atoms with Gasteiger partial charge in [0.05, 0.1) is 5.01 Å². The summed E-state index contributed by atoms with van der Waals surface area (Å²) < 4.78 is 5.45. The van der Waals surface area contributed by atoms with Gasteiger partial charge in [0.15, 0.2) is 0 Å². The van der Waals surface area contributed by atoms with E-state index in [0.29, 0.717) is 12.8 Å². The average molecular weight is 368 g/mol. The molecule has 1 saturated carbocycles. The molecule has 7 nitrogen and oxygen atoms in total. The lowest BCUT2D eigenvalue weighted by atomic mass is 9.61. The standard InChI is InChI=1S/C17H24N2O5S/c1-10-18-11(7-25-10)12(13(20)21)19-24-17(8-16(5,6)9-17)14(22)23-15(2,3)4/h7H,8-9H2,1-6H3,(H,20,21)/b19-12-. The number of aliphatic carboxylic acids is 1. The van der Waals surface area contributed by atoms with E-state index in [1.807, 2.05) is 13.8 Å². The lowest BCUT2D eigenvalue weighted by Gasteiger charge is -2.49. The van der Waals surface area contributed by atoms with Gasteiger partial charge in [-0.1, -0.05) is 19.0 Å². The molecule has 138 valence electrons. The normalized spacial score (nSPS) is 19.0. The van der Waals surface area contributed by atoms with Crippen LogP contribution in [0.3, 0.4) is 0 Å². The number of carboxylic acid groups (broad SMARTS) is 1. The number of carboxylic acids is 1. The zero-order chi connectivity index (χ0) is 19.0. The summed E-state index contributed by atoms with van der Waals surface area (Å²) in [5.74, 6) is -1.79. The molecule has 0 atom stereocenters. The maximum absolute atomic E-state index is 12.6. The number of oxime groups is 1. The van der Waals surface area contributed by atoms with E-state index >= 15 is 0 Å². The molecule has 25 heavy (non-hydrogen) atoms. The second-order valence-corrected chi connectivity index (χ2v) is 9.16.